The number of carbonyl (C=O) groups excluding carboxylic acids is 1. The van der Waals surface area contributed by atoms with Gasteiger partial charge in [-0.1, -0.05) is 24.6 Å². The lowest BCUT2D eigenvalue weighted by Gasteiger charge is -2.22. The van der Waals surface area contributed by atoms with Gasteiger partial charge in [0.2, 0.25) is 5.91 Å². The molecule has 0 atom stereocenters. The number of carbonyl (C=O) groups is 1. The standard InChI is InChI=1S/C19H21F3N4O2S/c20-19(21,22)15-11-16(27)25-18(24-15)29-12-17(28)23-13-5-7-14(8-6-13)26-9-3-1-2-4-10-26/h5-8,11H,1-4,9-10,12H2,(H,23,28)(H,24,25,27). The van der Waals surface area contributed by atoms with Crippen LogP contribution in [0.1, 0.15) is 31.4 Å². The molecule has 3 rings (SSSR count). The molecule has 1 aliphatic heterocycles. The summed E-state index contributed by atoms with van der Waals surface area (Å²) in [6.07, 6.45) is 0.103. The zero-order chi connectivity index (χ0) is 20.9. The van der Waals surface area contributed by atoms with Gasteiger partial charge in [0.15, 0.2) is 10.9 Å². The molecule has 0 radical (unpaired) electrons. The summed E-state index contributed by atoms with van der Waals surface area (Å²) < 4.78 is 38.1. The molecular formula is C19H21F3N4O2S. The van der Waals surface area contributed by atoms with Gasteiger partial charge in [-0.25, -0.2) is 4.98 Å². The van der Waals surface area contributed by atoms with E-state index in [1.807, 2.05) is 12.1 Å². The van der Waals surface area contributed by atoms with Crippen LogP contribution in [0.5, 0.6) is 0 Å². The number of nitrogens with zero attached hydrogens (tertiary/aromatic N) is 2. The Morgan fingerprint density at radius 1 is 1.14 bits per heavy atom. The van der Waals surface area contributed by atoms with Crippen LogP contribution in [0, 0.1) is 0 Å². The van der Waals surface area contributed by atoms with Gasteiger partial charge in [0.05, 0.1) is 5.75 Å². The average molecular weight is 426 g/mol. The molecule has 1 aromatic heterocycles. The number of hydrogen-bond donors (Lipinski definition) is 2. The number of thioether (sulfide) groups is 1. The number of amides is 1. The molecule has 156 valence electrons. The van der Waals surface area contributed by atoms with Gasteiger partial charge >= 0.3 is 6.18 Å². The molecule has 0 bridgehead atoms. The van der Waals surface area contributed by atoms with E-state index in [9.17, 15) is 22.8 Å². The minimum absolute atomic E-state index is 0.182. The van der Waals surface area contributed by atoms with Crippen LogP contribution in [-0.4, -0.2) is 34.7 Å². The second-order valence-corrected chi connectivity index (χ2v) is 7.68. The molecule has 0 saturated carbocycles. The van der Waals surface area contributed by atoms with Crippen molar-refractivity contribution in [2.24, 2.45) is 0 Å². The lowest BCUT2D eigenvalue weighted by Crippen LogP contribution is -2.23. The highest BCUT2D eigenvalue weighted by molar-refractivity contribution is 7.99. The minimum Gasteiger partial charge on any atom is -0.372 e. The number of aromatic amines is 1. The molecule has 6 nitrogen and oxygen atoms in total. The number of halogens is 3. The van der Waals surface area contributed by atoms with E-state index in [0.717, 1.165) is 30.5 Å². The summed E-state index contributed by atoms with van der Waals surface area (Å²) in [5.41, 5.74) is -0.503. The number of hydrogen-bond acceptors (Lipinski definition) is 5. The Balaban J connectivity index is 1.56. The quantitative estimate of drug-likeness (QED) is 0.560. The molecule has 1 saturated heterocycles. The highest BCUT2D eigenvalue weighted by Crippen LogP contribution is 2.27. The monoisotopic (exact) mass is 426 g/mol. The fraction of sp³-hybridized carbons (Fsp3) is 0.421. The Bertz CT molecular complexity index is 892. The van der Waals surface area contributed by atoms with Crippen molar-refractivity contribution in [3.8, 4) is 0 Å². The van der Waals surface area contributed by atoms with Crippen LogP contribution in [0.15, 0.2) is 40.3 Å². The van der Waals surface area contributed by atoms with Gasteiger partial charge in [-0.2, -0.15) is 13.2 Å². The summed E-state index contributed by atoms with van der Waals surface area (Å²) >= 11 is 0.733. The van der Waals surface area contributed by atoms with Crippen molar-refractivity contribution >= 4 is 29.0 Å². The fourth-order valence-corrected chi connectivity index (χ4v) is 3.74. The molecule has 1 aliphatic rings. The van der Waals surface area contributed by atoms with E-state index in [2.05, 4.69) is 20.2 Å². The van der Waals surface area contributed by atoms with Crippen LogP contribution < -0.4 is 15.8 Å². The van der Waals surface area contributed by atoms with Crippen LogP contribution in [-0.2, 0) is 11.0 Å². The van der Waals surface area contributed by atoms with E-state index in [4.69, 9.17) is 0 Å². The number of H-pyrrole nitrogens is 1. The smallest absolute Gasteiger partial charge is 0.372 e. The molecule has 0 aliphatic carbocycles. The zero-order valence-electron chi connectivity index (χ0n) is 15.6. The maximum absolute atomic E-state index is 12.7. The largest absolute Gasteiger partial charge is 0.433 e. The second-order valence-electron chi connectivity index (χ2n) is 6.72. The van der Waals surface area contributed by atoms with Gasteiger partial charge < -0.3 is 15.2 Å². The van der Waals surface area contributed by atoms with Crippen LogP contribution in [0.3, 0.4) is 0 Å². The number of rotatable bonds is 5. The highest BCUT2D eigenvalue weighted by atomic mass is 32.2. The summed E-state index contributed by atoms with van der Waals surface area (Å²) in [5.74, 6) is -0.587. The lowest BCUT2D eigenvalue weighted by atomic mass is 10.2. The van der Waals surface area contributed by atoms with Crippen molar-refractivity contribution in [1.82, 2.24) is 9.97 Å². The van der Waals surface area contributed by atoms with E-state index < -0.39 is 23.3 Å². The van der Waals surface area contributed by atoms with Gasteiger partial charge in [-0.15, -0.1) is 0 Å². The van der Waals surface area contributed by atoms with E-state index in [0.29, 0.717) is 11.8 Å². The molecule has 29 heavy (non-hydrogen) atoms. The molecule has 10 heteroatoms. The Hall–Kier alpha value is -2.49. The van der Waals surface area contributed by atoms with E-state index in [-0.39, 0.29) is 10.9 Å². The predicted octanol–water partition coefficient (Wildman–Crippen LogP) is 3.90. The van der Waals surface area contributed by atoms with Crippen molar-refractivity contribution in [2.75, 3.05) is 29.1 Å². The van der Waals surface area contributed by atoms with Crippen LogP contribution in [0.4, 0.5) is 24.5 Å². The molecular weight excluding hydrogens is 405 g/mol. The summed E-state index contributed by atoms with van der Waals surface area (Å²) in [6.45, 7) is 2.04. The third-order valence-corrected chi connectivity index (χ3v) is 5.35. The summed E-state index contributed by atoms with van der Waals surface area (Å²) in [6, 6.07) is 7.87. The molecule has 1 fully saturated rings. The normalized spacial score (nSPS) is 15.1. The first-order chi connectivity index (χ1) is 13.8. The SMILES string of the molecule is O=C(CSc1nc(C(F)(F)F)cc(=O)[nH]1)Nc1ccc(N2CCCCCC2)cc1. The average Bonchev–Trinajstić information content (AvgIpc) is 2.95. The molecule has 1 amide bonds. The van der Waals surface area contributed by atoms with Crippen molar-refractivity contribution in [3.63, 3.8) is 0 Å². The maximum atomic E-state index is 12.7. The van der Waals surface area contributed by atoms with Gasteiger partial charge in [0, 0.05) is 30.5 Å². The Labute approximate surface area is 169 Å². The van der Waals surface area contributed by atoms with E-state index >= 15 is 0 Å². The number of anilines is 2. The number of nitrogens with one attached hydrogen (secondary N) is 2. The third-order valence-electron chi connectivity index (χ3n) is 4.47. The van der Waals surface area contributed by atoms with Crippen LogP contribution in [0.2, 0.25) is 0 Å². The first-order valence-electron chi connectivity index (χ1n) is 9.27. The molecule has 2 N–H and O–H groups in total. The summed E-state index contributed by atoms with van der Waals surface area (Å²) in [4.78, 5) is 31.3. The fourth-order valence-electron chi connectivity index (χ4n) is 3.06. The van der Waals surface area contributed by atoms with Gasteiger partial charge in [0.25, 0.3) is 5.56 Å². The summed E-state index contributed by atoms with van der Waals surface area (Å²) in [7, 11) is 0. The predicted molar refractivity (Wildman–Crippen MR) is 106 cm³/mol. The van der Waals surface area contributed by atoms with Gasteiger partial charge in [-0.05, 0) is 37.1 Å². The van der Waals surface area contributed by atoms with E-state index in [1.54, 1.807) is 12.1 Å². The van der Waals surface area contributed by atoms with Crippen molar-refractivity contribution < 1.29 is 18.0 Å². The van der Waals surface area contributed by atoms with Gasteiger partial charge in [-0.3, -0.25) is 9.59 Å². The minimum atomic E-state index is -4.72. The van der Waals surface area contributed by atoms with Crippen molar-refractivity contribution in [3.05, 3.63) is 46.4 Å². The number of aromatic nitrogens is 2. The molecule has 0 unspecified atom stereocenters. The third kappa shape index (κ3) is 6.25. The van der Waals surface area contributed by atoms with Crippen molar-refractivity contribution in [2.45, 2.75) is 37.0 Å². The molecule has 0 spiro atoms. The number of alkyl halides is 3. The molecule has 2 aromatic rings. The highest BCUT2D eigenvalue weighted by Gasteiger charge is 2.33. The molecule has 1 aromatic carbocycles. The first-order valence-corrected chi connectivity index (χ1v) is 10.3. The van der Waals surface area contributed by atoms with Crippen LogP contribution in [0.25, 0.3) is 0 Å². The van der Waals surface area contributed by atoms with Crippen LogP contribution >= 0.6 is 11.8 Å². The van der Waals surface area contributed by atoms with E-state index in [1.165, 1.54) is 25.7 Å². The zero-order valence-corrected chi connectivity index (χ0v) is 16.4. The number of benzene rings is 1. The first kappa shape index (κ1) is 21.2. The van der Waals surface area contributed by atoms with Gasteiger partial charge in [0.1, 0.15) is 0 Å². The summed E-state index contributed by atoms with van der Waals surface area (Å²) in [5, 5.41) is 2.44. The molecule has 2 heterocycles. The van der Waals surface area contributed by atoms with Crippen molar-refractivity contribution in [1.29, 1.82) is 0 Å². The Morgan fingerprint density at radius 2 is 1.79 bits per heavy atom. The lowest BCUT2D eigenvalue weighted by molar-refractivity contribution is -0.141. The Morgan fingerprint density at radius 3 is 2.41 bits per heavy atom. The maximum Gasteiger partial charge on any atom is 0.433 e. The topological polar surface area (TPSA) is 78.1 Å². The second kappa shape index (κ2) is 9.34. The Kier molecular flexibility index (Phi) is 6.83.